The van der Waals surface area contributed by atoms with Crippen LogP contribution in [0.3, 0.4) is 0 Å². The van der Waals surface area contributed by atoms with Crippen molar-refractivity contribution in [1.29, 1.82) is 0 Å². The molecule has 0 fully saturated rings. The van der Waals surface area contributed by atoms with Crippen molar-refractivity contribution in [2.75, 3.05) is 0 Å². The fourth-order valence-electron chi connectivity index (χ4n) is 7.50. The number of benzene rings is 7. The Morgan fingerprint density at radius 2 is 0.517 bits per heavy atom. The first kappa shape index (κ1) is 36.2. The van der Waals surface area contributed by atoms with Crippen molar-refractivity contribution in [3.63, 3.8) is 0 Å². The van der Waals surface area contributed by atoms with Gasteiger partial charge < -0.3 is 0 Å². The summed E-state index contributed by atoms with van der Waals surface area (Å²) >= 11 is 0. The standard InChI is InChI=1S/C55H37N5/c1-5-17-38(18-6-1)50-36-51(39-19-7-2-8-20-39)58-54(57-50)47-33-46(44-27-15-25-42(31-44)43-26-16-28-45(32-43)49-29-13-14-30-56-49)34-48(35-47)55-59-52(40-21-9-3-10-22-40)37-53(60-55)41-23-11-4-12-24-41/h1-37H. The summed E-state index contributed by atoms with van der Waals surface area (Å²) in [5.41, 5.74) is 15.4. The first-order valence-electron chi connectivity index (χ1n) is 20.0. The highest BCUT2D eigenvalue weighted by Crippen LogP contribution is 2.36. The fraction of sp³-hybridized carbons (Fsp3) is 0. The molecule has 282 valence electrons. The van der Waals surface area contributed by atoms with Gasteiger partial charge in [0.15, 0.2) is 11.6 Å². The quantitative estimate of drug-likeness (QED) is 0.146. The molecule has 0 atom stereocenters. The van der Waals surface area contributed by atoms with Crippen molar-refractivity contribution < 1.29 is 0 Å². The maximum Gasteiger partial charge on any atom is 0.160 e. The van der Waals surface area contributed by atoms with Crippen LogP contribution in [0.2, 0.25) is 0 Å². The molecule has 60 heavy (non-hydrogen) atoms. The summed E-state index contributed by atoms with van der Waals surface area (Å²) in [7, 11) is 0. The number of hydrogen-bond donors (Lipinski definition) is 0. The van der Waals surface area contributed by atoms with E-state index in [9.17, 15) is 0 Å². The van der Waals surface area contributed by atoms with E-state index in [2.05, 4.69) is 132 Å². The predicted octanol–water partition coefficient (Wildman–Crippen LogP) is 13.7. The van der Waals surface area contributed by atoms with Gasteiger partial charge in [0, 0.05) is 45.1 Å². The van der Waals surface area contributed by atoms with E-state index in [4.69, 9.17) is 19.9 Å². The molecular formula is C55H37N5. The minimum atomic E-state index is 0.611. The van der Waals surface area contributed by atoms with Gasteiger partial charge in [0.1, 0.15) is 0 Å². The van der Waals surface area contributed by atoms with Gasteiger partial charge in [0.2, 0.25) is 0 Å². The molecule has 0 aliphatic carbocycles. The van der Waals surface area contributed by atoms with Crippen LogP contribution >= 0.6 is 0 Å². The van der Waals surface area contributed by atoms with Gasteiger partial charge in [0.25, 0.3) is 0 Å². The van der Waals surface area contributed by atoms with Crippen LogP contribution in [0.25, 0.3) is 101 Å². The lowest BCUT2D eigenvalue weighted by molar-refractivity contribution is 1.17. The van der Waals surface area contributed by atoms with Crippen LogP contribution in [-0.4, -0.2) is 24.9 Å². The number of hydrogen-bond acceptors (Lipinski definition) is 5. The second-order valence-corrected chi connectivity index (χ2v) is 14.6. The maximum atomic E-state index is 5.25. The van der Waals surface area contributed by atoms with Crippen molar-refractivity contribution in [3.05, 3.63) is 225 Å². The lowest BCUT2D eigenvalue weighted by atomic mass is 9.94. The highest BCUT2D eigenvalue weighted by molar-refractivity contribution is 5.83. The third kappa shape index (κ3) is 7.76. The Morgan fingerprint density at radius 3 is 0.917 bits per heavy atom. The SMILES string of the molecule is c1ccc(-c2cc(-c3ccccc3)nc(-c3cc(-c4cccc(-c5cccc(-c6ccccn6)c5)c4)cc(-c4nc(-c5ccccc5)cc(-c5ccccc5)n4)c3)n2)cc1. The van der Waals surface area contributed by atoms with Gasteiger partial charge >= 0.3 is 0 Å². The highest BCUT2D eigenvalue weighted by atomic mass is 14.9. The summed E-state index contributed by atoms with van der Waals surface area (Å²) in [6.45, 7) is 0. The molecule has 0 aliphatic heterocycles. The normalized spacial score (nSPS) is 11.0. The zero-order valence-electron chi connectivity index (χ0n) is 32.6. The van der Waals surface area contributed by atoms with Gasteiger partial charge in [-0.05, 0) is 76.9 Å². The van der Waals surface area contributed by atoms with Gasteiger partial charge in [-0.2, -0.15) is 0 Å². The van der Waals surface area contributed by atoms with Crippen molar-refractivity contribution in [2.24, 2.45) is 0 Å². The van der Waals surface area contributed by atoms with Crippen molar-refractivity contribution in [3.8, 4) is 101 Å². The molecule has 0 radical (unpaired) electrons. The molecule has 0 saturated heterocycles. The Morgan fingerprint density at radius 1 is 0.200 bits per heavy atom. The summed E-state index contributed by atoms with van der Waals surface area (Å²) in [6.07, 6.45) is 1.83. The topological polar surface area (TPSA) is 64.5 Å². The van der Waals surface area contributed by atoms with E-state index in [1.165, 1.54) is 0 Å². The van der Waals surface area contributed by atoms with Crippen molar-refractivity contribution >= 4 is 0 Å². The minimum Gasteiger partial charge on any atom is -0.256 e. The number of aromatic nitrogens is 5. The summed E-state index contributed by atoms with van der Waals surface area (Å²) in [5.74, 6) is 1.22. The molecule has 0 spiro atoms. The third-order valence-corrected chi connectivity index (χ3v) is 10.5. The highest BCUT2D eigenvalue weighted by Gasteiger charge is 2.17. The summed E-state index contributed by atoms with van der Waals surface area (Å²) in [6, 6.07) is 75.0. The third-order valence-electron chi connectivity index (χ3n) is 10.5. The van der Waals surface area contributed by atoms with Crippen LogP contribution in [0.4, 0.5) is 0 Å². The smallest absolute Gasteiger partial charge is 0.160 e. The summed E-state index contributed by atoms with van der Waals surface area (Å²) in [4.78, 5) is 25.6. The molecule has 5 nitrogen and oxygen atoms in total. The molecule has 10 rings (SSSR count). The first-order valence-corrected chi connectivity index (χ1v) is 20.0. The van der Waals surface area contributed by atoms with E-state index in [-0.39, 0.29) is 0 Å². The lowest BCUT2D eigenvalue weighted by Gasteiger charge is -2.14. The van der Waals surface area contributed by atoms with Gasteiger partial charge in [-0.15, -0.1) is 0 Å². The Kier molecular flexibility index (Phi) is 9.88. The first-order chi connectivity index (χ1) is 29.7. The summed E-state index contributed by atoms with van der Waals surface area (Å²) < 4.78 is 0. The van der Waals surface area contributed by atoms with Crippen molar-refractivity contribution in [1.82, 2.24) is 24.9 Å². The molecule has 3 heterocycles. The van der Waals surface area contributed by atoms with Crippen molar-refractivity contribution in [2.45, 2.75) is 0 Å². The van der Waals surface area contributed by atoms with Crippen LogP contribution < -0.4 is 0 Å². The summed E-state index contributed by atoms with van der Waals surface area (Å²) in [5, 5.41) is 0. The fourth-order valence-corrected chi connectivity index (χ4v) is 7.50. The van der Waals surface area contributed by atoms with Gasteiger partial charge in [-0.25, -0.2) is 19.9 Å². The van der Waals surface area contributed by atoms with E-state index in [0.717, 1.165) is 89.7 Å². The van der Waals surface area contributed by atoms with Crippen LogP contribution in [0, 0.1) is 0 Å². The number of pyridine rings is 1. The van der Waals surface area contributed by atoms with Crippen LogP contribution in [0.15, 0.2) is 225 Å². The Balaban J connectivity index is 1.18. The molecule has 0 saturated carbocycles. The van der Waals surface area contributed by atoms with E-state index >= 15 is 0 Å². The maximum absolute atomic E-state index is 5.25. The minimum absolute atomic E-state index is 0.611. The largest absolute Gasteiger partial charge is 0.256 e. The van der Waals surface area contributed by atoms with E-state index in [1.54, 1.807) is 0 Å². The molecule has 0 amide bonds. The zero-order valence-corrected chi connectivity index (χ0v) is 32.6. The molecule has 3 aromatic heterocycles. The molecular weight excluding hydrogens is 731 g/mol. The molecule has 7 aromatic carbocycles. The Hall–Kier alpha value is -8.15. The van der Waals surface area contributed by atoms with Gasteiger partial charge in [0.05, 0.1) is 28.5 Å². The molecule has 0 N–H and O–H groups in total. The van der Waals surface area contributed by atoms with E-state index in [1.807, 2.05) is 97.2 Å². The molecule has 0 unspecified atom stereocenters. The molecule has 0 aliphatic rings. The average Bonchev–Trinajstić information content (AvgIpc) is 3.35. The molecule has 0 bridgehead atoms. The average molecular weight is 768 g/mol. The molecule has 10 aromatic rings. The molecule has 5 heteroatoms. The van der Waals surface area contributed by atoms with E-state index in [0.29, 0.717) is 11.6 Å². The number of nitrogens with zero attached hydrogens (tertiary/aromatic N) is 5. The Labute approximate surface area is 349 Å². The Bertz CT molecular complexity index is 2800. The second-order valence-electron chi connectivity index (χ2n) is 14.6. The van der Waals surface area contributed by atoms with Crippen LogP contribution in [-0.2, 0) is 0 Å². The second kappa shape index (κ2) is 16.4. The number of rotatable bonds is 9. The zero-order chi connectivity index (χ0) is 40.1. The van der Waals surface area contributed by atoms with Crippen LogP contribution in [0.5, 0.6) is 0 Å². The van der Waals surface area contributed by atoms with E-state index < -0.39 is 0 Å². The van der Waals surface area contributed by atoms with Crippen LogP contribution in [0.1, 0.15) is 0 Å². The lowest BCUT2D eigenvalue weighted by Crippen LogP contribution is -1.99. The monoisotopic (exact) mass is 767 g/mol. The van der Waals surface area contributed by atoms with Gasteiger partial charge in [-0.3, -0.25) is 4.98 Å². The van der Waals surface area contributed by atoms with Gasteiger partial charge in [-0.1, -0.05) is 164 Å². The predicted molar refractivity (Wildman–Crippen MR) is 244 cm³/mol.